The second kappa shape index (κ2) is 7.06. The van der Waals surface area contributed by atoms with Crippen molar-refractivity contribution in [2.45, 2.75) is 12.7 Å². The largest absolute Gasteiger partial charge is 0.497 e. The fourth-order valence-corrected chi connectivity index (χ4v) is 3.04. The van der Waals surface area contributed by atoms with Gasteiger partial charge in [-0.2, -0.15) is 18.9 Å². The Kier molecular flexibility index (Phi) is 4.45. The van der Waals surface area contributed by atoms with Crippen LogP contribution < -0.4 is 14.8 Å². The predicted molar refractivity (Wildman–Crippen MR) is 95.8 cm³/mol. The molecule has 4 rings (SSSR count). The Balaban J connectivity index is 1.81. The van der Waals surface area contributed by atoms with E-state index in [1.54, 1.807) is 30.0 Å². The summed E-state index contributed by atoms with van der Waals surface area (Å²) in [6.45, 7) is -2.91. The summed E-state index contributed by atoms with van der Waals surface area (Å²) >= 11 is 0. The van der Waals surface area contributed by atoms with E-state index in [0.29, 0.717) is 17.3 Å². The molecule has 6 nitrogen and oxygen atoms in total. The summed E-state index contributed by atoms with van der Waals surface area (Å²) in [6, 6.07) is 13.7. The zero-order valence-corrected chi connectivity index (χ0v) is 14.3. The van der Waals surface area contributed by atoms with Crippen LogP contribution in [-0.4, -0.2) is 28.5 Å². The maximum atomic E-state index is 12.8. The van der Waals surface area contributed by atoms with Gasteiger partial charge in [0.05, 0.1) is 7.11 Å². The molecule has 0 saturated carbocycles. The molecule has 1 atom stereocenters. The lowest BCUT2D eigenvalue weighted by molar-refractivity contribution is -0.0506. The fourth-order valence-electron chi connectivity index (χ4n) is 3.04. The fraction of sp³-hybridized carbons (Fsp3) is 0.158. The molecular weight excluding hydrogens is 354 g/mol. The van der Waals surface area contributed by atoms with Crippen molar-refractivity contribution in [1.82, 2.24) is 14.8 Å². The molecule has 2 aromatic carbocycles. The Hall–Kier alpha value is -3.42. The van der Waals surface area contributed by atoms with Gasteiger partial charge in [-0.1, -0.05) is 30.3 Å². The molecule has 0 saturated heterocycles. The number of hydrogen-bond acceptors (Lipinski definition) is 5. The SMILES string of the molecule is COc1cccc(C2=CC(c3ccccc3OC(F)F)n3ncnc3N2)c1. The van der Waals surface area contributed by atoms with Gasteiger partial charge in [-0.15, -0.1) is 0 Å². The second-order valence-corrected chi connectivity index (χ2v) is 5.83. The van der Waals surface area contributed by atoms with Crippen molar-refractivity contribution in [2.24, 2.45) is 0 Å². The van der Waals surface area contributed by atoms with Crippen molar-refractivity contribution in [1.29, 1.82) is 0 Å². The minimum Gasteiger partial charge on any atom is -0.497 e. The quantitative estimate of drug-likeness (QED) is 0.737. The van der Waals surface area contributed by atoms with E-state index in [4.69, 9.17) is 9.47 Å². The van der Waals surface area contributed by atoms with Gasteiger partial charge >= 0.3 is 6.61 Å². The highest BCUT2D eigenvalue weighted by molar-refractivity contribution is 5.77. The van der Waals surface area contributed by atoms with Crippen molar-refractivity contribution in [3.05, 3.63) is 72.1 Å². The number of methoxy groups -OCH3 is 1. The number of allylic oxidation sites excluding steroid dienone is 1. The van der Waals surface area contributed by atoms with Crippen LogP contribution in [-0.2, 0) is 0 Å². The van der Waals surface area contributed by atoms with Crippen LogP contribution in [0.3, 0.4) is 0 Å². The lowest BCUT2D eigenvalue weighted by Gasteiger charge is -2.25. The number of hydrogen-bond donors (Lipinski definition) is 1. The van der Waals surface area contributed by atoms with Crippen molar-refractivity contribution in [3.63, 3.8) is 0 Å². The smallest absolute Gasteiger partial charge is 0.387 e. The molecule has 1 N–H and O–H groups in total. The van der Waals surface area contributed by atoms with Gasteiger partial charge in [0.2, 0.25) is 5.95 Å². The summed E-state index contributed by atoms with van der Waals surface area (Å²) in [5, 5.41) is 7.44. The maximum Gasteiger partial charge on any atom is 0.387 e. The Morgan fingerprint density at radius 1 is 1.15 bits per heavy atom. The molecule has 2 heterocycles. The Labute approximate surface area is 154 Å². The number of aromatic nitrogens is 3. The molecule has 138 valence electrons. The van der Waals surface area contributed by atoms with Crippen LogP contribution in [0.15, 0.2) is 60.9 Å². The molecule has 1 aliphatic heterocycles. The van der Waals surface area contributed by atoms with Gasteiger partial charge in [0, 0.05) is 16.8 Å². The number of fused-ring (bicyclic) bond motifs is 1. The standard InChI is InChI=1S/C19H16F2N4O2/c1-26-13-6-4-5-12(9-13)15-10-16(25-19(24-15)22-11-23-25)14-7-2-3-8-17(14)27-18(20)21/h2-11,16,18H,1H3,(H,22,23,24). The Morgan fingerprint density at radius 2 is 2.00 bits per heavy atom. The number of benzene rings is 2. The molecule has 8 heteroatoms. The first kappa shape index (κ1) is 17.0. The van der Waals surface area contributed by atoms with Crippen LogP contribution in [0.25, 0.3) is 5.70 Å². The van der Waals surface area contributed by atoms with E-state index in [9.17, 15) is 8.78 Å². The van der Waals surface area contributed by atoms with E-state index in [1.165, 1.54) is 12.4 Å². The molecule has 0 fully saturated rings. The lowest BCUT2D eigenvalue weighted by atomic mass is 10.0. The third kappa shape index (κ3) is 3.33. The van der Waals surface area contributed by atoms with Crippen molar-refractivity contribution in [2.75, 3.05) is 12.4 Å². The summed E-state index contributed by atoms with van der Waals surface area (Å²) in [5.74, 6) is 1.31. The van der Waals surface area contributed by atoms with Crippen LogP contribution in [0.2, 0.25) is 0 Å². The molecule has 27 heavy (non-hydrogen) atoms. The minimum absolute atomic E-state index is 0.0992. The number of rotatable bonds is 5. The van der Waals surface area contributed by atoms with Gasteiger partial charge in [0.15, 0.2) is 0 Å². The molecule has 0 amide bonds. The van der Waals surface area contributed by atoms with E-state index in [-0.39, 0.29) is 5.75 Å². The van der Waals surface area contributed by atoms with Gasteiger partial charge in [0.25, 0.3) is 0 Å². The zero-order valence-electron chi connectivity index (χ0n) is 14.3. The van der Waals surface area contributed by atoms with E-state index in [2.05, 4.69) is 15.4 Å². The summed E-state index contributed by atoms with van der Waals surface area (Å²) in [4.78, 5) is 4.22. The number of nitrogens with one attached hydrogen (secondary N) is 1. The molecule has 1 aliphatic rings. The molecule has 0 spiro atoms. The van der Waals surface area contributed by atoms with E-state index in [0.717, 1.165) is 11.3 Å². The molecule has 0 bridgehead atoms. The summed E-state index contributed by atoms with van der Waals surface area (Å²) in [6.07, 6.45) is 3.30. The topological polar surface area (TPSA) is 61.2 Å². The van der Waals surface area contributed by atoms with Crippen molar-refractivity contribution >= 4 is 11.6 Å². The molecule has 1 unspecified atom stereocenters. The summed E-state index contributed by atoms with van der Waals surface area (Å²) in [7, 11) is 1.60. The van der Waals surface area contributed by atoms with Crippen LogP contribution in [0.5, 0.6) is 11.5 Å². The first-order valence-electron chi connectivity index (χ1n) is 8.22. The number of nitrogens with zero attached hydrogens (tertiary/aromatic N) is 3. The van der Waals surface area contributed by atoms with Crippen LogP contribution >= 0.6 is 0 Å². The Morgan fingerprint density at radius 3 is 2.81 bits per heavy atom. The van der Waals surface area contributed by atoms with Gasteiger partial charge in [0.1, 0.15) is 23.9 Å². The first-order chi connectivity index (χ1) is 13.2. The third-order valence-electron chi connectivity index (χ3n) is 4.24. The van der Waals surface area contributed by atoms with E-state index in [1.807, 2.05) is 30.3 Å². The first-order valence-corrected chi connectivity index (χ1v) is 8.22. The normalized spacial score (nSPS) is 15.7. The number of para-hydroxylation sites is 1. The van der Waals surface area contributed by atoms with Crippen LogP contribution in [0.1, 0.15) is 17.2 Å². The van der Waals surface area contributed by atoms with Crippen LogP contribution in [0.4, 0.5) is 14.7 Å². The molecule has 0 aliphatic carbocycles. The number of ether oxygens (including phenoxy) is 2. The van der Waals surface area contributed by atoms with Gasteiger partial charge < -0.3 is 14.8 Å². The number of alkyl halides is 2. The molecule has 0 radical (unpaired) electrons. The molecule has 1 aromatic heterocycles. The average Bonchev–Trinajstić information content (AvgIpc) is 3.16. The van der Waals surface area contributed by atoms with E-state index < -0.39 is 12.7 Å². The lowest BCUT2D eigenvalue weighted by Crippen LogP contribution is -2.21. The minimum atomic E-state index is -2.91. The monoisotopic (exact) mass is 370 g/mol. The van der Waals surface area contributed by atoms with Crippen LogP contribution in [0, 0.1) is 0 Å². The number of anilines is 1. The van der Waals surface area contributed by atoms with Crippen molar-refractivity contribution < 1.29 is 18.3 Å². The molecule has 3 aromatic rings. The maximum absolute atomic E-state index is 12.8. The molecular formula is C19H16F2N4O2. The Bertz CT molecular complexity index is 987. The highest BCUT2D eigenvalue weighted by Crippen LogP contribution is 2.36. The third-order valence-corrected chi connectivity index (χ3v) is 4.24. The summed E-state index contributed by atoms with van der Waals surface area (Å²) in [5.41, 5.74) is 2.21. The average molecular weight is 370 g/mol. The summed E-state index contributed by atoms with van der Waals surface area (Å²) < 4.78 is 37.3. The van der Waals surface area contributed by atoms with Gasteiger partial charge in [-0.25, -0.2) is 4.68 Å². The highest BCUT2D eigenvalue weighted by Gasteiger charge is 2.26. The highest BCUT2D eigenvalue weighted by atomic mass is 19.3. The van der Waals surface area contributed by atoms with Gasteiger partial charge in [-0.05, 0) is 24.3 Å². The zero-order chi connectivity index (χ0) is 18.8. The van der Waals surface area contributed by atoms with Gasteiger partial charge in [-0.3, -0.25) is 0 Å². The van der Waals surface area contributed by atoms with E-state index >= 15 is 0 Å². The predicted octanol–water partition coefficient (Wildman–Crippen LogP) is 3.94. The van der Waals surface area contributed by atoms with Crippen molar-refractivity contribution in [3.8, 4) is 11.5 Å². The second-order valence-electron chi connectivity index (χ2n) is 5.83. The number of halogens is 2.